The maximum Gasteiger partial charge on any atom is 0.146 e. The Morgan fingerprint density at radius 1 is 0.867 bits per heavy atom. The van der Waals surface area contributed by atoms with E-state index < -0.39 is 0 Å². The molecule has 0 saturated carbocycles. The van der Waals surface area contributed by atoms with Crippen molar-refractivity contribution in [3.8, 4) is 0 Å². The molecule has 2 heterocycles. The van der Waals surface area contributed by atoms with Crippen LogP contribution >= 0.6 is 0 Å². The predicted octanol–water partition coefficient (Wildman–Crippen LogP) is 1.05. The first-order valence-electron chi connectivity index (χ1n) is 5.43. The second-order valence-corrected chi connectivity index (χ2v) is 5.42. The van der Waals surface area contributed by atoms with Crippen LogP contribution < -0.4 is 0 Å². The molecule has 0 aliphatic carbocycles. The lowest BCUT2D eigenvalue weighted by Gasteiger charge is -2.38. The Morgan fingerprint density at radius 3 is 1.53 bits per heavy atom. The van der Waals surface area contributed by atoms with Crippen molar-refractivity contribution in [1.82, 2.24) is 0 Å². The molecule has 4 nitrogen and oxygen atoms in total. The molecular weight excluding hydrogens is 196 g/mol. The van der Waals surface area contributed by atoms with Crippen molar-refractivity contribution in [2.45, 2.75) is 13.8 Å². The molecule has 0 bridgehead atoms. The summed E-state index contributed by atoms with van der Waals surface area (Å²) in [6.45, 7) is 9.37. The van der Waals surface area contributed by atoms with Crippen LogP contribution in [0.5, 0.6) is 0 Å². The topological polar surface area (TPSA) is 36.9 Å². The third-order valence-corrected chi connectivity index (χ3v) is 2.87. The van der Waals surface area contributed by atoms with Crippen molar-refractivity contribution in [3.63, 3.8) is 0 Å². The van der Waals surface area contributed by atoms with E-state index in [1.165, 1.54) is 0 Å². The van der Waals surface area contributed by atoms with Gasteiger partial charge in [-0.05, 0) is 0 Å². The van der Waals surface area contributed by atoms with E-state index in [2.05, 4.69) is 13.8 Å². The Morgan fingerprint density at radius 2 is 1.27 bits per heavy atom. The first-order valence-corrected chi connectivity index (χ1v) is 5.43. The Balaban J connectivity index is 1.48. The van der Waals surface area contributed by atoms with Gasteiger partial charge in [0.2, 0.25) is 0 Å². The van der Waals surface area contributed by atoms with Gasteiger partial charge in [-0.25, -0.2) is 0 Å². The van der Waals surface area contributed by atoms with Crippen molar-refractivity contribution in [1.29, 1.82) is 0 Å². The summed E-state index contributed by atoms with van der Waals surface area (Å²) in [5, 5.41) is 0. The quantitative estimate of drug-likeness (QED) is 0.491. The van der Waals surface area contributed by atoms with Gasteiger partial charge < -0.3 is 18.9 Å². The standard InChI is InChI=1S/C11H20O4/c1-10(3-12-4-10)7-14-9-15-8-11(2)5-13-6-11/h3-9H2,1-2H3. The maximum atomic E-state index is 5.46. The molecule has 0 unspecified atom stereocenters. The fourth-order valence-electron chi connectivity index (χ4n) is 1.70. The lowest BCUT2D eigenvalue weighted by Crippen LogP contribution is -2.45. The zero-order valence-electron chi connectivity index (χ0n) is 9.58. The average molecular weight is 216 g/mol. The molecule has 0 atom stereocenters. The number of hydrogen-bond acceptors (Lipinski definition) is 4. The van der Waals surface area contributed by atoms with Crippen molar-refractivity contribution >= 4 is 0 Å². The number of hydrogen-bond donors (Lipinski definition) is 0. The minimum Gasteiger partial charge on any atom is -0.380 e. The highest BCUT2D eigenvalue weighted by Crippen LogP contribution is 2.27. The van der Waals surface area contributed by atoms with E-state index in [-0.39, 0.29) is 10.8 Å². The van der Waals surface area contributed by atoms with Crippen molar-refractivity contribution in [2.75, 3.05) is 46.4 Å². The summed E-state index contributed by atoms with van der Waals surface area (Å²) in [4.78, 5) is 0. The van der Waals surface area contributed by atoms with Crippen LogP contribution in [0.4, 0.5) is 0 Å². The lowest BCUT2D eigenvalue weighted by molar-refractivity contribution is -0.188. The van der Waals surface area contributed by atoms with E-state index in [1.807, 2.05) is 0 Å². The molecule has 2 fully saturated rings. The van der Waals surface area contributed by atoms with Gasteiger partial charge in [-0.2, -0.15) is 0 Å². The molecule has 2 saturated heterocycles. The Labute approximate surface area is 90.8 Å². The van der Waals surface area contributed by atoms with Gasteiger partial charge in [0.05, 0.1) is 39.6 Å². The van der Waals surface area contributed by atoms with Crippen LogP contribution in [0.3, 0.4) is 0 Å². The molecule has 2 rings (SSSR count). The molecule has 0 spiro atoms. The summed E-state index contributed by atoms with van der Waals surface area (Å²) in [6, 6.07) is 0. The molecule has 15 heavy (non-hydrogen) atoms. The Kier molecular flexibility index (Phi) is 3.30. The smallest absolute Gasteiger partial charge is 0.146 e. The molecular formula is C11H20O4. The largest absolute Gasteiger partial charge is 0.380 e. The minimum atomic E-state index is 0.215. The van der Waals surface area contributed by atoms with Crippen LogP contribution in [0.15, 0.2) is 0 Å². The number of ether oxygens (including phenoxy) is 4. The van der Waals surface area contributed by atoms with Gasteiger partial charge in [0.1, 0.15) is 6.79 Å². The molecule has 2 aliphatic rings. The molecule has 0 amide bonds. The normalized spacial score (nSPS) is 26.8. The van der Waals surface area contributed by atoms with Crippen LogP contribution in [0.1, 0.15) is 13.8 Å². The van der Waals surface area contributed by atoms with Crippen LogP contribution in [0.25, 0.3) is 0 Å². The predicted molar refractivity (Wildman–Crippen MR) is 54.6 cm³/mol. The molecule has 0 N–H and O–H groups in total. The second kappa shape index (κ2) is 4.37. The molecule has 2 aliphatic heterocycles. The average Bonchev–Trinajstić information content (AvgIpc) is 2.12. The molecule has 0 radical (unpaired) electrons. The van der Waals surface area contributed by atoms with E-state index in [0.717, 1.165) is 39.6 Å². The SMILES string of the molecule is CC1(COCOCC2(C)COC2)COC1. The molecule has 88 valence electrons. The van der Waals surface area contributed by atoms with E-state index in [1.54, 1.807) is 0 Å². The first kappa shape index (κ1) is 11.3. The molecule has 0 aromatic carbocycles. The van der Waals surface area contributed by atoms with Crippen molar-refractivity contribution in [2.24, 2.45) is 10.8 Å². The Hall–Kier alpha value is -0.160. The summed E-state index contributed by atoms with van der Waals surface area (Å²) in [6.07, 6.45) is 0. The minimum absolute atomic E-state index is 0.215. The first-order chi connectivity index (χ1) is 7.12. The summed E-state index contributed by atoms with van der Waals surface area (Å²) >= 11 is 0. The number of rotatable bonds is 6. The van der Waals surface area contributed by atoms with Gasteiger partial charge in [0.15, 0.2) is 0 Å². The van der Waals surface area contributed by atoms with Crippen LogP contribution in [-0.2, 0) is 18.9 Å². The Bertz CT molecular complexity index is 187. The van der Waals surface area contributed by atoms with Gasteiger partial charge in [-0.1, -0.05) is 13.8 Å². The fourth-order valence-corrected chi connectivity index (χ4v) is 1.70. The lowest BCUT2D eigenvalue weighted by atomic mass is 9.90. The van der Waals surface area contributed by atoms with Crippen molar-refractivity contribution < 1.29 is 18.9 Å². The van der Waals surface area contributed by atoms with E-state index in [4.69, 9.17) is 18.9 Å². The van der Waals surface area contributed by atoms with E-state index in [0.29, 0.717) is 6.79 Å². The second-order valence-electron chi connectivity index (χ2n) is 5.42. The van der Waals surface area contributed by atoms with Gasteiger partial charge >= 0.3 is 0 Å². The highest BCUT2D eigenvalue weighted by atomic mass is 16.7. The summed E-state index contributed by atoms with van der Waals surface area (Å²) in [5.74, 6) is 0. The van der Waals surface area contributed by atoms with E-state index >= 15 is 0 Å². The third kappa shape index (κ3) is 2.91. The van der Waals surface area contributed by atoms with Gasteiger partial charge in [0.25, 0.3) is 0 Å². The van der Waals surface area contributed by atoms with Gasteiger partial charge in [-0.3, -0.25) is 0 Å². The third-order valence-electron chi connectivity index (χ3n) is 2.87. The fraction of sp³-hybridized carbons (Fsp3) is 1.00. The molecule has 4 heteroatoms. The maximum absolute atomic E-state index is 5.46. The zero-order valence-corrected chi connectivity index (χ0v) is 9.58. The summed E-state index contributed by atoms with van der Waals surface area (Å²) in [7, 11) is 0. The van der Waals surface area contributed by atoms with Crippen molar-refractivity contribution in [3.05, 3.63) is 0 Å². The van der Waals surface area contributed by atoms with E-state index in [9.17, 15) is 0 Å². The molecule has 0 aromatic heterocycles. The van der Waals surface area contributed by atoms with Crippen LogP contribution in [-0.4, -0.2) is 46.4 Å². The summed E-state index contributed by atoms with van der Waals surface area (Å²) < 4.78 is 21.2. The van der Waals surface area contributed by atoms with Gasteiger partial charge in [0, 0.05) is 10.8 Å². The highest BCUT2D eigenvalue weighted by molar-refractivity contribution is 4.80. The molecule has 0 aromatic rings. The van der Waals surface area contributed by atoms with Crippen LogP contribution in [0, 0.1) is 10.8 Å². The summed E-state index contributed by atoms with van der Waals surface area (Å²) in [5.41, 5.74) is 0.430. The van der Waals surface area contributed by atoms with Crippen LogP contribution in [0.2, 0.25) is 0 Å². The zero-order chi connectivity index (χ0) is 10.8. The van der Waals surface area contributed by atoms with Gasteiger partial charge in [-0.15, -0.1) is 0 Å². The monoisotopic (exact) mass is 216 g/mol. The highest BCUT2D eigenvalue weighted by Gasteiger charge is 2.35.